The Morgan fingerprint density at radius 3 is 3.14 bits per heavy atom. The Balaban J connectivity index is 1.87. The third-order valence-corrected chi connectivity index (χ3v) is 2.99. The molecular weight excluding hydrogens is 286 g/mol. The molecule has 2 aromatic rings. The molecule has 3 N–H and O–H groups in total. The number of ether oxygens (including phenoxy) is 1. The van der Waals surface area contributed by atoms with Gasteiger partial charge in [0, 0.05) is 11.9 Å². The molecule has 3 rings (SSSR count). The zero-order valence-corrected chi connectivity index (χ0v) is 11.5. The summed E-state index contributed by atoms with van der Waals surface area (Å²) >= 11 is 0. The second kappa shape index (κ2) is 5.53. The second-order valence-electron chi connectivity index (χ2n) is 4.56. The second-order valence-corrected chi connectivity index (χ2v) is 4.56. The highest BCUT2D eigenvalue weighted by Crippen LogP contribution is 2.34. The van der Waals surface area contributed by atoms with E-state index in [1.54, 1.807) is 6.07 Å². The number of amides is 1. The summed E-state index contributed by atoms with van der Waals surface area (Å²) in [7, 11) is 0. The Morgan fingerprint density at radius 1 is 1.55 bits per heavy atom. The van der Waals surface area contributed by atoms with E-state index in [1.807, 2.05) is 19.1 Å². The number of benzene rings is 1. The van der Waals surface area contributed by atoms with Crippen LogP contribution in [0.3, 0.4) is 0 Å². The quantitative estimate of drug-likeness (QED) is 0.715. The van der Waals surface area contributed by atoms with E-state index in [2.05, 4.69) is 31.3 Å². The monoisotopic (exact) mass is 297 g/mol. The van der Waals surface area contributed by atoms with Gasteiger partial charge in [-0.15, -0.1) is 10.2 Å². The number of aromatic amines is 1. The first-order valence-electron chi connectivity index (χ1n) is 6.35. The van der Waals surface area contributed by atoms with Crippen LogP contribution in [0, 0.1) is 18.3 Å². The lowest BCUT2D eigenvalue weighted by molar-refractivity contribution is -0.118. The molecular formula is C13H11N7O2. The first-order chi connectivity index (χ1) is 10.7. The molecule has 0 saturated heterocycles. The highest BCUT2D eigenvalue weighted by Gasteiger charge is 2.18. The number of anilines is 2. The van der Waals surface area contributed by atoms with Gasteiger partial charge in [0.1, 0.15) is 17.4 Å². The molecule has 22 heavy (non-hydrogen) atoms. The Hall–Kier alpha value is -3.41. The zero-order valence-electron chi connectivity index (χ0n) is 11.5. The number of hydrogen-bond donors (Lipinski definition) is 3. The van der Waals surface area contributed by atoms with Crippen molar-refractivity contribution in [3.8, 4) is 11.8 Å². The Bertz CT molecular complexity index is 789. The number of fused-ring (bicyclic) bond motifs is 1. The Morgan fingerprint density at radius 2 is 2.41 bits per heavy atom. The van der Waals surface area contributed by atoms with Gasteiger partial charge in [0.15, 0.2) is 6.61 Å². The van der Waals surface area contributed by atoms with Gasteiger partial charge in [-0.05, 0) is 29.8 Å². The lowest BCUT2D eigenvalue weighted by atomic mass is 10.1. The van der Waals surface area contributed by atoms with E-state index >= 15 is 0 Å². The van der Waals surface area contributed by atoms with Crippen LogP contribution >= 0.6 is 0 Å². The maximum Gasteiger partial charge on any atom is 0.262 e. The van der Waals surface area contributed by atoms with Crippen LogP contribution in [0.5, 0.6) is 5.75 Å². The van der Waals surface area contributed by atoms with E-state index in [4.69, 9.17) is 10.00 Å². The lowest BCUT2D eigenvalue weighted by Crippen LogP contribution is -2.25. The van der Waals surface area contributed by atoms with Crippen molar-refractivity contribution in [3.63, 3.8) is 0 Å². The molecule has 9 heteroatoms. The minimum Gasteiger partial charge on any atom is -0.481 e. The maximum absolute atomic E-state index is 11.4. The van der Waals surface area contributed by atoms with E-state index < -0.39 is 0 Å². The summed E-state index contributed by atoms with van der Waals surface area (Å²) in [5.41, 5.74) is 2.37. The molecule has 0 unspecified atom stereocenters. The van der Waals surface area contributed by atoms with Crippen molar-refractivity contribution in [3.05, 3.63) is 29.7 Å². The number of carbonyl (C=O) groups is 1. The maximum atomic E-state index is 11.4. The van der Waals surface area contributed by atoms with E-state index in [0.717, 1.165) is 5.56 Å². The van der Waals surface area contributed by atoms with E-state index in [-0.39, 0.29) is 23.9 Å². The normalized spacial score (nSPS) is 13.6. The first-order valence-corrected chi connectivity index (χ1v) is 6.35. The summed E-state index contributed by atoms with van der Waals surface area (Å²) in [5, 5.41) is 28.0. The van der Waals surface area contributed by atoms with Crippen molar-refractivity contribution in [2.24, 2.45) is 0 Å². The first kappa shape index (κ1) is 13.6. The van der Waals surface area contributed by atoms with Gasteiger partial charge >= 0.3 is 0 Å². The van der Waals surface area contributed by atoms with Crippen LogP contribution < -0.4 is 15.4 Å². The van der Waals surface area contributed by atoms with E-state index in [0.29, 0.717) is 17.1 Å². The SMILES string of the molecule is Cc1cc(NC=C(C#N)c2nn[nH]n2)cc2c1OCC(=O)N2. The number of hydrogen-bond acceptors (Lipinski definition) is 7. The van der Waals surface area contributed by atoms with Crippen molar-refractivity contribution in [2.45, 2.75) is 6.92 Å². The minimum absolute atomic E-state index is 0.0108. The molecule has 110 valence electrons. The molecule has 1 aromatic heterocycles. The minimum atomic E-state index is -0.205. The molecule has 0 atom stereocenters. The molecule has 2 heterocycles. The molecule has 1 aliphatic heterocycles. The number of aryl methyl sites for hydroxylation is 1. The Labute approximate surface area is 125 Å². The molecule has 0 fully saturated rings. The summed E-state index contributed by atoms with van der Waals surface area (Å²) in [6.07, 6.45) is 1.47. The van der Waals surface area contributed by atoms with Crippen LogP contribution in [-0.2, 0) is 4.79 Å². The largest absolute Gasteiger partial charge is 0.481 e. The summed E-state index contributed by atoms with van der Waals surface area (Å²) in [4.78, 5) is 11.4. The standard InChI is InChI=1S/C13H11N7O2/c1-7-2-9(3-10-12(7)22-6-11(21)16-10)15-5-8(4-14)13-17-19-20-18-13/h2-3,5,15H,6H2,1H3,(H,16,21)(H,17,18,19,20). The van der Waals surface area contributed by atoms with Crippen LogP contribution in [0.4, 0.5) is 11.4 Å². The molecule has 0 saturated carbocycles. The lowest BCUT2D eigenvalue weighted by Gasteiger charge is -2.20. The third kappa shape index (κ3) is 2.57. The number of aromatic nitrogens is 4. The van der Waals surface area contributed by atoms with Crippen LogP contribution in [0.25, 0.3) is 5.57 Å². The number of nitrogens with zero attached hydrogens (tertiary/aromatic N) is 4. The van der Waals surface area contributed by atoms with Gasteiger partial charge in [0.25, 0.3) is 5.91 Å². The van der Waals surface area contributed by atoms with Gasteiger partial charge < -0.3 is 15.4 Å². The molecule has 0 spiro atoms. The van der Waals surface area contributed by atoms with E-state index in [1.165, 1.54) is 6.20 Å². The fourth-order valence-electron chi connectivity index (χ4n) is 2.04. The van der Waals surface area contributed by atoms with Crippen LogP contribution in [0.1, 0.15) is 11.4 Å². The summed E-state index contributed by atoms with van der Waals surface area (Å²) < 4.78 is 5.39. The topological polar surface area (TPSA) is 129 Å². The summed E-state index contributed by atoms with van der Waals surface area (Å²) in [6.45, 7) is 1.88. The number of nitrogens with one attached hydrogen (secondary N) is 3. The predicted molar refractivity (Wildman–Crippen MR) is 76.7 cm³/mol. The molecule has 1 amide bonds. The fourth-order valence-corrected chi connectivity index (χ4v) is 2.04. The highest BCUT2D eigenvalue weighted by atomic mass is 16.5. The molecule has 1 aromatic carbocycles. The van der Waals surface area contributed by atoms with Crippen molar-refractivity contribution in [2.75, 3.05) is 17.2 Å². The number of nitriles is 1. The summed E-state index contributed by atoms with van der Waals surface area (Å²) in [5.74, 6) is 0.637. The van der Waals surface area contributed by atoms with Gasteiger partial charge in [-0.25, -0.2) is 0 Å². The van der Waals surface area contributed by atoms with E-state index in [9.17, 15) is 4.79 Å². The van der Waals surface area contributed by atoms with Gasteiger partial charge in [-0.2, -0.15) is 10.5 Å². The van der Waals surface area contributed by atoms with Crippen molar-refractivity contribution >= 4 is 22.9 Å². The third-order valence-electron chi connectivity index (χ3n) is 2.99. The zero-order chi connectivity index (χ0) is 15.5. The molecule has 0 bridgehead atoms. The number of rotatable bonds is 3. The number of H-pyrrole nitrogens is 1. The number of allylic oxidation sites excluding steroid dienone is 1. The fraction of sp³-hybridized carbons (Fsp3) is 0.154. The molecule has 0 radical (unpaired) electrons. The van der Waals surface area contributed by atoms with Crippen molar-refractivity contribution in [1.82, 2.24) is 20.6 Å². The van der Waals surface area contributed by atoms with Crippen LogP contribution in [0.15, 0.2) is 18.3 Å². The van der Waals surface area contributed by atoms with Gasteiger partial charge in [-0.3, -0.25) is 4.79 Å². The molecule has 9 nitrogen and oxygen atoms in total. The average Bonchev–Trinajstić information content (AvgIpc) is 3.01. The van der Waals surface area contributed by atoms with Gasteiger partial charge in [0.2, 0.25) is 5.82 Å². The van der Waals surface area contributed by atoms with Crippen LogP contribution in [0.2, 0.25) is 0 Å². The summed E-state index contributed by atoms with van der Waals surface area (Å²) in [6, 6.07) is 5.55. The smallest absolute Gasteiger partial charge is 0.262 e. The number of tetrazole rings is 1. The predicted octanol–water partition coefficient (Wildman–Crippen LogP) is 0.816. The van der Waals surface area contributed by atoms with Gasteiger partial charge in [0.05, 0.1) is 5.69 Å². The Kier molecular flexibility index (Phi) is 3.41. The average molecular weight is 297 g/mol. The van der Waals surface area contributed by atoms with Crippen LogP contribution in [-0.4, -0.2) is 33.1 Å². The highest BCUT2D eigenvalue weighted by molar-refractivity contribution is 5.96. The molecule has 0 aliphatic carbocycles. The van der Waals surface area contributed by atoms with Gasteiger partial charge in [-0.1, -0.05) is 0 Å². The van der Waals surface area contributed by atoms with Crippen molar-refractivity contribution in [1.29, 1.82) is 5.26 Å². The number of carbonyl (C=O) groups excluding carboxylic acids is 1. The molecule has 1 aliphatic rings. The van der Waals surface area contributed by atoms with Crippen molar-refractivity contribution < 1.29 is 9.53 Å².